The van der Waals surface area contributed by atoms with Crippen molar-refractivity contribution in [3.63, 3.8) is 0 Å². The number of para-hydroxylation sites is 1. The molecule has 18 heavy (non-hydrogen) atoms. The lowest BCUT2D eigenvalue weighted by molar-refractivity contribution is 0.0314. The van der Waals surface area contributed by atoms with E-state index in [1.807, 2.05) is 6.07 Å². The molecule has 1 spiro atoms. The zero-order valence-electron chi connectivity index (χ0n) is 10.5. The van der Waals surface area contributed by atoms with Gasteiger partial charge in [-0.2, -0.15) is 0 Å². The molecule has 0 radical (unpaired) electrons. The van der Waals surface area contributed by atoms with E-state index in [2.05, 4.69) is 11.4 Å². The van der Waals surface area contributed by atoms with Crippen LogP contribution in [0.4, 0.5) is 0 Å². The highest BCUT2D eigenvalue weighted by Crippen LogP contribution is 2.57. The highest BCUT2D eigenvalue weighted by Gasteiger charge is 2.56. The van der Waals surface area contributed by atoms with Gasteiger partial charge in [0, 0.05) is 11.0 Å². The summed E-state index contributed by atoms with van der Waals surface area (Å²) in [7, 11) is 0. The zero-order valence-corrected chi connectivity index (χ0v) is 10.5. The van der Waals surface area contributed by atoms with Crippen molar-refractivity contribution in [3.05, 3.63) is 23.8 Å². The van der Waals surface area contributed by atoms with Gasteiger partial charge in [0.15, 0.2) is 11.5 Å². The first kappa shape index (κ1) is 10.7. The molecule has 1 saturated carbocycles. The minimum Gasteiger partial charge on any atom is -0.504 e. The standard InChI is InChI=1S/C15H19NO2/c17-12-5-2-4-11-14(12)18-13-6-1-3-10-9-16-8-7-15(10,11)13/h2,4-5,10,13,16-17H,1,3,6-9H2. The lowest BCUT2D eigenvalue weighted by Crippen LogP contribution is -2.55. The Morgan fingerprint density at radius 2 is 2.28 bits per heavy atom. The van der Waals surface area contributed by atoms with Gasteiger partial charge in [0.25, 0.3) is 0 Å². The van der Waals surface area contributed by atoms with Gasteiger partial charge >= 0.3 is 0 Å². The Hall–Kier alpha value is -1.22. The van der Waals surface area contributed by atoms with Crippen molar-refractivity contribution in [2.75, 3.05) is 13.1 Å². The second-order valence-electron chi connectivity index (χ2n) is 5.88. The van der Waals surface area contributed by atoms with E-state index >= 15 is 0 Å². The van der Waals surface area contributed by atoms with Gasteiger partial charge in [-0.3, -0.25) is 0 Å². The van der Waals surface area contributed by atoms with Crippen molar-refractivity contribution >= 4 is 0 Å². The molecule has 1 aromatic rings. The number of hydrogen-bond acceptors (Lipinski definition) is 3. The van der Waals surface area contributed by atoms with E-state index in [1.165, 1.54) is 18.4 Å². The van der Waals surface area contributed by atoms with Crippen molar-refractivity contribution in [2.45, 2.75) is 37.2 Å². The van der Waals surface area contributed by atoms with Crippen LogP contribution in [0.25, 0.3) is 0 Å². The largest absolute Gasteiger partial charge is 0.504 e. The molecule has 3 atom stereocenters. The fraction of sp³-hybridized carbons (Fsp3) is 0.600. The summed E-state index contributed by atoms with van der Waals surface area (Å²) in [5.74, 6) is 1.73. The zero-order chi connectivity index (χ0) is 12.2. The number of ether oxygens (including phenoxy) is 1. The maximum atomic E-state index is 10.0. The summed E-state index contributed by atoms with van der Waals surface area (Å²) in [5.41, 5.74) is 1.43. The van der Waals surface area contributed by atoms with Gasteiger partial charge < -0.3 is 15.2 Å². The molecule has 2 heterocycles. The summed E-state index contributed by atoms with van der Waals surface area (Å²) in [4.78, 5) is 0. The number of piperidine rings is 1. The van der Waals surface area contributed by atoms with Crippen LogP contribution in [0.1, 0.15) is 31.2 Å². The Kier molecular flexibility index (Phi) is 2.16. The highest BCUT2D eigenvalue weighted by molar-refractivity contribution is 5.54. The van der Waals surface area contributed by atoms with Gasteiger partial charge in [-0.05, 0) is 50.8 Å². The van der Waals surface area contributed by atoms with E-state index in [4.69, 9.17) is 4.74 Å². The molecule has 3 aliphatic rings. The number of benzene rings is 1. The molecule has 2 N–H and O–H groups in total. The van der Waals surface area contributed by atoms with Gasteiger partial charge in [-0.15, -0.1) is 0 Å². The summed E-state index contributed by atoms with van der Waals surface area (Å²) in [6, 6.07) is 5.87. The number of phenolic OH excluding ortho intramolecular Hbond substituents is 1. The van der Waals surface area contributed by atoms with Crippen molar-refractivity contribution in [1.82, 2.24) is 5.32 Å². The Labute approximate surface area is 107 Å². The van der Waals surface area contributed by atoms with E-state index < -0.39 is 0 Å². The molecule has 2 fully saturated rings. The molecule has 0 aromatic heterocycles. The number of fused-ring (bicyclic) bond motifs is 1. The molecule has 0 bridgehead atoms. The van der Waals surface area contributed by atoms with E-state index in [1.54, 1.807) is 6.07 Å². The molecule has 2 aliphatic heterocycles. The Balaban J connectivity index is 1.90. The molecule has 1 aromatic carbocycles. The third-order valence-corrected chi connectivity index (χ3v) is 5.18. The average molecular weight is 245 g/mol. The summed E-state index contributed by atoms with van der Waals surface area (Å²) in [6.45, 7) is 2.15. The van der Waals surface area contributed by atoms with Crippen LogP contribution in [0, 0.1) is 5.92 Å². The first-order chi connectivity index (χ1) is 8.82. The second-order valence-corrected chi connectivity index (χ2v) is 5.88. The van der Waals surface area contributed by atoms with Crippen molar-refractivity contribution < 1.29 is 9.84 Å². The van der Waals surface area contributed by atoms with Crippen LogP contribution < -0.4 is 10.1 Å². The predicted molar refractivity (Wildman–Crippen MR) is 69.0 cm³/mol. The van der Waals surface area contributed by atoms with Gasteiger partial charge in [0.1, 0.15) is 6.10 Å². The molecule has 3 heteroatoms. The predicted octanol–water partition coefficient (Wildman–Crippen LogP) is 2.18. The lowest BCUT2D eigenvalue weighted by atomic mass is 9.59. The van der Waals surface area contributed by atoms with Crippen LogP contribution >= 0.6 is 0 Å². The van der Waals surface area contributed by atoms with E-state index in [0.29, 0.717) is 11.7 Å². The quantitative estimate of drug-likeness (QED) is 0.736. The van der Waals surface area contributed by atoms with Crippen LogP contribution in [0.5, 0.6) is 11.5 Å². The Morgan fingerprint density at radius 1 is 1.33 bits per heavy atom. The Bertz CT molecular complexity index is 485. The lowest BCUT2D eigenvalue weighted by Gasteiger charge is -2.48. The smallest absolute Gasteiger partial charge is 0.165 e. The normalized spacial score (nSPS) is 37.3. The molecule has 4 rings (SSSR count). The van der Waals surface area contributed by atoms with E-state index in [9.17, 15) is 5.11 Å². The fourth-order valence-corrected chi connectivity index (χ4v) is 4.40. The fourth-order valence-electron chi connectivity index (χ4n) is 4.40. The number of rotatable bonds is 0. The summed E-state index contributed by atoms with van der Waals surface area (Å²) >= 11 is 0. The minimum atomic E-state index is 0.164. The molecular formula is C15H19NO2. The maximum absolute atomic E-state index is 10.0. The molecule has 1 saturated heterocycles. The average Bonchev–Trinajstić information content (AvgIpc) is 2.73. The van der Waals surface area contributed by atoms with Crippen LogP contribution in [0.15, 0.2) is 18.2 Å². The van der Waals surface area contributed by atoms with Crippen LogP contribution in [-0.4, -0.2) is 24.3 Å². The molecule has 96 valence electrons. The van der Waals surface area contributed by atoms with E-state index in [0.717, 1.165) is 31.7 Å². The van der Waals surface area contributed by atoms with Gasteiger partial charge in [-0.25, -0.2) is 0 Å². The first-order valence-corrected chi connectivity index (χ1v) is 7.02. The first-order valence-electron chi connectivity index (χ1n) is 7.02. The van der Waals surface area contributed by atoms with Crippen LogP contribution in [0.2, 0.25) is 0 Å². The molecule has 3 unspecified atom stereocenters. The summed E-state index contributed by atoms with van der Waals surface area (Å²) in [6.07, 6.45) is 5.07. The minimum absolute atomic E-state index is 0.164. The number of phenols is 1. The highest BCUT2D eigenvalue weighted by atomic mass is 16.5. The number of nitrogens with one attached hydrogen (secondary N) is 1. The monoisotopic (exact) mass is 245 g/mol. The van der Waals surface area contributed by atoms with Crippen molar-refractivity contribution in [2.24, 2.45) is 5.92 Å². The van der Waals surface area contributed by atoms with Gasteiger partial charge in [-0.1, -0.05) is 12.1 Å². The number of aromatic hydroxyl groups is 1. The molecule has 1 aliphatic carbocycles. The second kappa shape index (κ2) is 3.64. The summed E-state index contributed by atoms with van der Waals surface area (Å²) in [5, 5.41) is 13.5. The van der Waals surface area contributed by atoms with Crippen molar-refractivity contribution in [1.29, 1.82) is 0 Å². The van der Waals surface area contributed by atoms with Gasteiger partial charge in [0.2, 0.25) is 0 Å². The van der Waals surface area contributed by atoms with E-state index in [-0.39, 0.29) is 11.5 Å². The maximum Gasteiger partial charge on any atom is 0.165 e. The third kappa shape index (κ3) is 1.18. The number of hydrogen-bond donors (Lipinski definition) is 2. The van der Waals surface area contributed by atoms with Crippen molar-refractivity contribution in [3.8, 4) is 11.5 Å². The summed E-state index contributed by atoms with van der Waals surface area (Å²) < 4.78 is 6.12. The third-order valence-electron chi connectivity index (χ3n) is 5.18. The SMILES string of the molecule is Oc1cccc2c1OC1CCCC3CNCCC231. The molecule has 0 amide bonds. The van der Waals surface area contributed by atoms with Crippen LogP contribution in [0.3, 0.4) is 0 Å². The molecular weight excluding hydrogens is 226 g/mol. The van der Waals surface area contributed by atoms with Gasteiger partial charge in [0.05, 0.1) is 0 Å². The Morgan fingerprint density at radius 3 is 3.22 bits per heavy atom. The topological polar surface area (TPSA) is 41.5 Å². The molecule has 3 nitrogen and oxygen atoms in total. The van der Waals surface area contributed by atoms with Crippen LogP contribution in [-0.2, 0) is 5.41 Å².